The van der Waals surface area contributed by atoms with Crippen molar-refractivity contribution in [2.45, 2.75) is 32.7 Å². The first-order valence-electron chi connectivity index (χ1n) is 7.19. The van der Waals surface area contributed by atoms with E-state index in [4.69, 9.17) is 23.2 Å². The number of nitrogens with zero attached hydrogens (tertiary/aromatic N) is 2. The molecule has 0 radical (unpaired) electrons. The minimum atomic E-state index is 0.189. The molecule has 0 fully saturated rings. The number of rotatable bonds is 6. The largest absolute Gasteiger partial charge is 0.310 e. The van der Waals surface area contributed by atoms with Gasteiger partial charge in [0, 0.05) is 24.8 Å². The molecule has 0 saturated heterocycles. The first-order valence-corrected chi connectivity index (χ1v) is 7.95. The summed E-state index contributed by atoms with van der Waals surface area (Å²) in [5.41, 5.74) is 3.31. The molecule has 2 rings (SSSR count). The fourth-order valence-corrected chi connectivity index (χ4v) is 2.89. The van der Waals surface area contributed by atoms with Crippen molar-refractivity contribution >= 4 is 23.2 Å². The quantitative estimate of drug-likeness (QED) is 0.857. The van der Waals surface area contributed by atoms with Crippen molar-refractivity contribution in [1.82, 2.24) is 15.1 Å². The van der Waals surface area contributed by atoms with Gasteiger partial charge in [-0.05, 0) is 37.9 Å². The second kappa shape index (κ2) is 7.30. The third-order valence-electron chi connectivity index (χ3n) is 3.52. The summed E-state index contributed by atoms with van der Waals surface area (Å²) in [7, 11) is 1.94. The minimum Gasteiger partial charge on any atom is -0.310 e. The van der Waals surface area contributed by atoms with Crippen molar-refractivity contribution in [3.63, 3.8) is 0 Å². The van der Waals surface area contributed by atoms with E-state index in [0.717, 1.165) is 30.6 Å². The Morgan fingerprint density at radius 2 is 2.10 bits per heavy atom. The molecule has 21 heavy (non-hydrogen) atoms. The monoisotopic (exact) mass is 325 g/mol. The van der Waals surface area contributed by atoms with Gasteiger partial charge in [0.15, 0.2) is 0 Å². The van der Waals surface area contributed by atoms with Gasteiger partial charge in [0.2, 0.25) is 0 Å². The molecule has 0 aliphatic heterocycles. The summed E-state index contributed by atoms with van der Waals surface area (Å²) < 4.78 is 1.85. The number of halogens is 2. The lowest BCUT2D eigenvalue weighted by atomic mass is 9.99. The standard InChI is InChI=1S/C16H21Cl2N3/c1-4-8-19-15(13-10-21(3)20-11(13)2)9-12-6-5-7-14(17)16(12)18/h5-7,10,15,19H,4,8-9H2,1-3H3. The van der Waals surface area contributed by atoms with Crippen LogP contribution >= 0.6 is 23.2 Å². The van der Waals surface area contributed by atoms with Crippen LogP contribution in [0.5, 0.6) is 0 Å². The SMILES string of the molecule is CCCNC(Cc1cccc(Cl)c1Cl)c1cn(C)nc1C. The van der Waals surface area contributed by atoms with E-state index in [2.05, 4.69) is 23.5 Å². The van der Waals surface area contributed by atoms with Crippen LogP contribution < -0.4 is 5.32 Å². The Bertz CT molecular complexity index is 608. The highest BCUT2D eigenvalue weighted by Gasteiger charge is 2.18. The molecular weight excluding hydrogens is 305 g/mol. The highest BCUT2D eigenvalue weighted by molar-refractivity contribution is 6.42. The maximum Gasteiger partial charge on any atom is 0.0641 e. The summed E-state index contributed by atoms with van der Waals surface area (Å²) in [5.74, 6) is 0. The molecule has 114 valence electrons. The van der Waals surface area contributed by atoms with Crippen molar-refractivity contribution in [2.75, 3.05) is 6.54 Å². The number of hydrogen-bond acceptors (Lipinski definition) is 2. The summed E-state index contributed by atoms with van der Waals surface area (Å²) in [6.07, 6.45) is 3.95. The Balaban J connectivity index is 2.28. The Hall–Kier alpha value is -1.03. The lowest BCUT2D eigenvalue weighted by Crippen LogP contribution is -2.24. The highest BCUT2D eigenvalue weighted by Crippen LogP contribution is 2.30. The first kappa shape index (κ1) is 16.3. The lowest BCUT2D eigenvalue weighted by Gasteiger charge is -2.19. The van der Waals surface area contributed by atoms with E-state index >= 15 is 0 Å². The lowest BCUT2D eigenvalue weighted by molar-refractivity contribution is 0.527. The number of benzene rings is 1. The number of aromatic nitrogens is 2. The minimum absolute atomic E-state index is 0.189. The average molecular weight is 326 g/mol. The van der Waals surface area contributed by atoms with Gasteiger partial charge in [-0.15, -0.1) is 0 Å². The van der Waals surface area contributed by atoms with Gasteiger partial charge in [0.25, 0.3) is 0 Å². The first-order chi connectivity index (χ1) is 10.0. The maximum absolute atomic E-state index is 6.32. The third-order valence-corrected chi connectivity index (χ3v) is 4.38. The van der Waals surface area contributed by atoms with Crippen LogP contribution in [0.1, 0.15) is 36.2 Å². The van der Waals surface area contributed by atoms with Crippen LogP contribution in [0.2, 0.25) is 10.0 Å². The molecule has 3 nitrogen and oxygen atoms in total. The normalized spacial score (nSPS) is 12.6. The predicted molar refractivity (Wildman–Crippen MR) is 89.1 cm³/mol. The molecular formula is C16H21Cl2N3. The van der Waals surface area contributed by atoms with Crippen LogP contribution in [-0.2, 0) is 13.5 Å². The number of nitrogens with one attached hydrogen (secondary N) is 1. The van der Waals surface area contributed by atoms with Crippen molar-refractivity contribution in [2.24, 2.45) is 7.05 Å². The van der Waals surface area contributed by atoms with E-state index in [0.29, 0.717) is 10.0 Å². The molecule has 0 amide bonds. The fourth-order valence-electron chi connectivity index (χ4n) is 2.50. The van der Waals surface area contributed by atoms with Gasteiger partial charge < -0.3 is 5.32 Å². The smallest absolute Gasteiger partial charge is 0.0641 e. The van der Waals surface area contributed by atoms with Gasteiger partial charge in [0.1, 0.15) is 0 Å². The van der Waals surface area contributed by atoms with Crippen LogP contribution in [0.15, 0.2) is 24.4 Å². The van der Waals surface area contributed by atoms with E-state index in [9.17, 15) is 0 Å². The van der Waals surface area contributed by atoms with Crippen LogP contribution in [0, 0.1) is 6.92 Å². The van der Waals surface area contributed by atoms with Crippen molar-refractivity contribution in [1.29, 1.82) is 0 Å². The highest BCUT2D eigenvalue weighted by atomic mass is 35.5. The summed E-state index contributed by atoms with van der Waals surface area (Å²) in [5, 5.41) is 9.26. The zero-order valence-corrected chi connectivity index (χ0v) is 14.2. The van der Waals surface area contributed by atoms with E-state index in [1.54, 1.807) is 0 Å². The summed E-state index contributed by atoms with van der Waals surface area (Å²) in [4.78, 5) is 0. The van der Waals surface area contributed by atoms with Gasteiger partial charge in [-0.2, -0.15) is 5.10 Å². The second-order valence-corrected chi connectivity index (χ2v) is 6.05. The van der Waals surface area contributed by atoms with E-state index in [1.165, 1.54) is 5.56 Å². The molecule has 1 N–H and O–H groups in total. The summed E-state index contributed by atoms with van der Waals surface area (Å²) in [6, 6.07) is 5.98. The molecule has 0 saturated carbocycles. The van der Waals surface area contributed by atoms with Crippen LogP contribution in [-0.4, -0.2) is 16.3 Å². The molecule has 0 bridgehead atoms. The third kappa shape index (κ3) is 4.00. The fraction of sp³-hybridized carbons (Fsp3) is 0.438. The number of hydrogen-bond donors (Lipinski definition) is 1. The van der Waals surface area contributed by atoms with Gasteiger partial charge in [-0.3, -0.25) is 4.68 Å². The topological polar surface area (TPSA) is 29.9 Å². The molecule has 1 aromatic heterocycles. The molecule has 2 aromatic rings. The van der Waals surface area contributed by atoms with Crippen LogP contribution in [0.25, 0.3) is 0 Å². The van der Waals surface area contributed by atoms with Crippen molar-refractivity contribution in [3.05, 3.63) is 51.3 Å². The van der Waals surface area contributed by atoms with Crippen molar-refractivity contribution in [3.8, 4) is 0 Å². The van der Waals surface area contributed by atoms with Crippen LogP contribution in [0.4, 0.5) is 0 Å². The molecule has 1 atom stereocenters. The zero-order chi connectivity index (χ0) is 15.4. The molecule has 5 heteroatoms. The summed E-state index contributed by atoms with van der Waals surface area (Å²) >= 11 is 12.4. The molecule has 1 heterocycles. The van der Waals surface area contributed by atoms with Gasteiger partial charge in [-0.25, -0.2) is 0 Å². The van der Waals surface area contributed by atoms with Crippen LogP contribution in [0.3, 0.4) is 0 Å². The van der Waals surface area contributed by atoms with Gasteiger partial charge >= 0.3 is 0 Å². The predicted octanol–water partition coefficient (Wildman–Crippen LogP) is 4.32. The Morgan fingerprint density at radius 1 is 1.33 bits per heavy atom. The van der Waals surface area contributed by atoms with E-state index in [-0.39, 0.29) is 6.04 Å². The molecule has 1 unspecified atom stereocenters. The second-order valence-electron chi connectivity index (χ2n) is 5.27. The average Bonchev–Trinajstić information content (AvgIpc) is 2.78. The van der Waals surface area contributed by atoms with Gasteiger partial charge in [-0.1, -0.05) is 42.3 Å². The Kier molecular flexibility index (Phi) is 5.68. The molecule has 1 aromatic carbocycles. The molecule has 0 aliphatic rings. The molecule has 0 spiro atoms. The van der Waals surface area contributed by atoms with Gasteiger partial charge in [0.05, 0.1) is 15.7 Å². The number of aryl methyl sites for hydroxylation is 2. The van der Waals surface area contributed by atoms with E-state index < -0.39 is 0 Å². The Morgan fingerprint density at radius 3 is 2.71 bits per heavy atom. The zero-order valence-electron chi connectivity index (χ0n) is 12.7. The van der Waals surface area contributed by atoms with Crippen molar-refractivity contribution < 1.29 is 0 Å². The summed E-state index contributed by atoms with van der Waals surface area (Å²) in [6.45, 7) is 5.15. The van der Waals surface area contributed by atoms with E-state index in [1.807, 2.05) is 36.9 Å². The maximum atomic E-state index is 6.32. The molecule has 0 aliphatic carbocycles. The Labute approximate surface area is 136 Å².